The predicted molar refractivity (Wildman–Crippen MR) is 52.3 cm³/mol. The van der Waals surface area contributed by atoms with E-state index < -0.39 is 0 Å². The zero-order valence-electron chi connectivity index (χ0n) is 8.09. The van der Waals surface area contributed by atoms with Crippen LogP contribution < -0.4 is 0 Å². The summed E-state index contributed by atoms with van der Waals surface area (Å²) in [6.45, 7) is 2.97. The van der Waals surface area contributed by atoms with Crippen LogP contribution in [0.1, 0.15) is 45.4 Å². The summed E-state index contributed by atoms with van der Waals surface area (Å²) in [4.78, 5) is 0. The summed E-state index contributed by atoms with van der Waals surface area (Å²) in [6.07, 6.45) is 12.6. The minimum Gasteiger partial charge on any atom is -0.378 e. The van der Waals surface area contributed by atoms with Gasteiger partial charge in [0.05, 0.1) is 12.7 Å². The van der Waals surface area contributed by atoms with E-state index in [0.29, 0.717) is 6.10 Å². The van der Waals surface area contributed by atoms with Crippen molar-refractivity contribution in [2.45, 2.75) is 51.6 Å². The zero-order valence-corrected chi connectivity index (χ0v) is 8.09. The van der Waals surface area contributed by atoms with Crippen LogP contribution in [0.2, 0.25) is 0 Å². The van der Waals surface area contributed by atoms with Crippen LogP contribution in [0.3, 0.4) is 0 Å². The molecule has 1 nitrogen and oxygen atoms in total. The molecule has 0 aromatic carbocycles. The Balaban J connectivity index is 1.97. The Morgan fingerprint density at radius 1 is 1.25 bits per heavy atom. The molecular formula is C11H20O. The summed E-state index contributed by atoms with van der Waals surface area (Å²) in [7, 11) is 0. The van der Waals surface area contributed by atoms with Gasteiger partial charge in [0.25, 0.3) is 0 Å². The van der Waals surface area contributed by atoms with Gasteiger partial charge < -0.3 is 4.74 Å². The highest BCUT2D eigenvalue weighted by Crippen LogP contribution is 2.20. The molecule has 1 rings (SSSR count). The maximum atomic E-state index is 5.73. The highest BCUT2D eigenvalue weighted by molar-refractivity contribution is 4.76. The van der Waals surface area contributed by atoms with Gasteiger partial charge in [0.15, 0.2) is 0 Å². The Morgan fingerprint density at radius 3 is 2.67 bits per heavy atom. The highest BCUT2D eigenvalue weighted by atomic mass is 16.5. The van der Waals surface area contributed by atoms with Crippen molar-refractivity contribution < 1.29 is 4.74 Å². The van der Waals surface area contributed by atoms with Crippen molar-refractivity contribution in [3.05, 3.63) is 12.2 Å². The van der Waals surface area contributed by atoms with E-state index in [4.69, 9.17) is 4.74 Å². The molecule has 1 saturated carbocycles. The van der Waals surface area contributed by atoms with Crippen LogP contribution in [-0.4, -0.2) is 12.7 Å². The maximum absolute atomic E-state index is 5.73. The van der Waals surface area contributed by atoms with Crippen LogP contribution in [-0.2, 0) is 4.74 Å². The molecule has 0 bridgehead atoms. The molecule has 0 heterocycles. The van der Waals surface area contributed by atoms with E-state index in [1.807, 2.05) is 0 Å². The Hall–Kier alpha value is -0.300. The number of hydrogen-bond donors (Lipinski definition) is 0. The van der Waals surface area contributed by atoms with Crippen molar-refractivity contribution in [1.29, 1.82) is 0 Å². The van der Waals surface area contributed by atoms with E-state index in [2.05, 4.69) is 19.1 Å². The zero-order chi connectivity index (χ0) is 8.65. The van der Waals surface area contributed by atoms with Crippen LogP contribution in [0, 0.1) is 0 Å². The topological polar surface area (TPSA) is 9.23 Å². The molecule has 0 aromatic rings. The molecule has 1 aliphatic rings. The standard InChI is InChI=1S/C11H20O/c1-2-3-7-10-12-11-8-5-4-6-9-11/h2-3,11H,4-10H2,1H3/b3-2+. The van der Waals surface area contributed by atoms with Crippen molar-refractivity contribution in [3.8, 4) is 0 Å². The smallest absolute Gasteiger partial charge is 0.0575 e. The van der Waals surface area contributed by atoms with E-state index in [-0.39, 0.29) is 0 Å². The summed E-state index contributed by atoms with van der Waals surface area (Å²) in [5, 5.41) is 0. The van der Waals surface area contributed by atoms with Gasteiger partial charge in [0, 0.05) is 0 Å². The molecular weight excluding hydrogens is 148 g/mol. The van der Waals surface area contributed by atoms with Crippen LogP contribution >= 0.6 is 0 Å². The molecule has 0 aliphatic heterocycles. The Labute approximate surface area is 75.8 Å². The first-order valence-corrected chi connectivity index (χ1v) is 5.16. The second-order valence-electron chi connectivity index (χ2n) is 3.49. The third-order valence-electron chi connectivity index (χ3n) is 2.43. The summed E-state index contributed by atoms with van der Waals surface area (Å²) in [6, 6.07) is 0. The lowest BCUT2D eigenvalue weighted by Gasteiger charge is -2.21. The first kappa shape index (κ1) is 9.79. The fourth-order valence-electron chi connectivity index (χ4n) is 1.70. The fraction of sp³-hybridized carbons (Fsp3) is 0.818. The molecule has 1 aliphatic carbocycles. The van der Waals surface area contributed by atoms with Crippen LogP contribution in [0.15, 0.2) is 12.2 Å². The largest absolute Gasteiger partial charge is 0.378 e. The third-order valence-corrected chi connectivity index (χ3v) is 2.43. The second-order valence-corrected chi connectivity index (χ2v) is 3.49. The molecule has 0 radical (unpaired) electrons. The second kappa shape index (κ2) is 6.24. The van der Waals surface area contributed by atoms with E-state index >= 15 is 0 Å². The summed E-state index contributed by atoms with van der Waals surface area (Å²) in [5.74, 6) is 0. The lowest BCUT2D eigenvalue weighted by molar-refractivity contribution is 0.0312. The monoisotopic (exact) mass is 168 g/mol. The molecule has 1 heteroatoms. The quantitative estimate of drug-likeness (QED) is 0.462. The van der Waals surface area contributed by atoms with Crippen molar-refractivity contribution in [2.75, 3.05) is 6.61 Å². The van der Waals surface area contributed by atoms with E-state index in [0.717, 1.165) is 13.0 Å². The van der Waals surface area contributed by atoms with Gasteiger partial charge in [-0.25, -0.2) is 0 Å². The minimum absolute atomic E-state index is 0.573. The first-order valence-electron chi connectivity index (χ1n) is 5.16. The van der Waals surface area contributed by atoms with Gasteiger partial charge >= 0.3 is 0 Å². The highest BCUT2D eigenvalue weighted by Gasteiger charge is 2.12. The van der Waals surface area contributed by atoms with Gasteiger partial charge in [-0.1, -0.05) is 31.4 Å². The normalized spacial score (nSPS) is 20.4. The Bertz CT molecular complexity index is 123. The van der Waals surface area contributed by atoms with Crippen molar-refractivity contribution in [2.24, 2.45) is 0 Å². The molecule has 0 saturated heterocycles. The third kappa shape index (κ3) is 3.91. The van der Waals surface area contributed by atoms with Crippen molar-refractivity contribution in [3.63, 3.8) is 0 Å². The lowest BCUT2D eigenvalue weighted by atomic mass is 9.98. The van der Waals surface area contributed by atoms with Crippen LogP contribution in [0.5, 0.6) is 0 Å². The van der Waals surface area contributed by atoms with Gasteiger partial charge in [-0.2, -0.15) is 0 Å². The molecule has 12 heavy (non-hydrogen) atoms. The lowest BCUT2D eigenvalue weighted by Crippen LogP contribution is -2.16. The first-order chi connectivity index (χ1) is 5.93. The molecule has 0 atom stereocenters. The Morgan fingerprint density at radius 2 is 2.00 bits per heavy atom. The van der Waals surface area contributed by atoms with E-state index in [1.54, 1.807) is 0 Å². The van der Waals surface area contributed by atoms with Gasteiger partial charge in [-0.15, -0.1) is 0 Å². The average Bonchev–Trinajstić information content (AvgIpc) is 2.14. The predicted octanol–water partition coefficient (Wildman–Crippen LogP) is 3.30. The number of hydrogen-bond acceptors (Lipinski definition) is 1. The van der Waals surface area contributed by atoms with E-state index in [9.17, 15) is 0 Å². The van der Waals surface area contributed by atoms with Gasteiger partial charge in [-0.3, -0.25) is 0 Å². The van der Waals surface area contributed by atoms with Gasteiger partial charge in [0.2, 0.25) is 0 Å². The molecule has 0 N–H and O–H groups in total. The molecule has 0 amide bonds. The molecule has 0 spiro atoms. The fourth-order valence-corrected chi connectivity index (χ4v) is 1.70. The van der Waals surface area contributed by atoms with Crippen LogP contribution in [0.25, 0.3) is 0 Å². The van der Waals surface area contributed by atoms with Crippen molar-refractivity contribution >= 4 is 0 Å². The maximum Gasteiger partial charge on any atom is 0.0575 e. The van der Waals surface area contributed by atoms with E-state index in [1.165, 1.54) is 32.1 Å². The molecule has 0 aromatic heterocycles. The SMILES string of the molecule is C/C=C/CCOC1CCCCC1. The number of allylic oxidation sites excluding steroid dienone is 1. The Kier molecular flexibility index (Phi) is 5.09. The van der Waals surface area contributed by atoms with Gasteiger partial charge in [0.1, 0.15) is 0 Å². The number of ether oxygens (including phenoxy) is 1. The van der Waals surface area contributed by atoms with Crippen molar-refractivity contribution in [1.82, 2.24) is 0 Å². The summed E-state index contributed by atoms with van der Waals surface area (Å²) >= 11 is 0. The average molecular weight is 168 g/mol. The van der Waals surface area contributed by atoms with Crippen LogP contribution in [0.4, 0.5) is 0 Å². The summed E-state index contributed by atoms with van der Waals surface area (Å²) < 4.78 is 5.73. The number of rotatable bonds is 4. The van der Waals surface area contributed by atoms with Gasteiger partial charge in [-0.05, 0) is 26.2 Å². The molecule has 0 unspecified atom stereocenters. The summed E-state index contributed by atoms with van der Waals surface area (Å²) in [5.41, 5.74) is 0. The molecule has 70 valence electrons. The molecule has 1 fully saturated rings. The minimum atomic E-state index is 0.573.